The number of halogens is 2. The van der Waals surface area contributed by atoms with Crippen LogP contribution in [0.1, 0.15) is 11.4 Å². The molecule has 0 aliphatic heterocycles. The summed E-state index contributed by atoms with van der Waals surface area (Å²) in [5.41, 5.74) is 2.76. The van der Waals surface area contributed by atoms with Crippen LogP contribution in [-0.2, 0) is 6.54 Å². The molecule has 96 valence electrons. The summed E-state index contributed by atoms with van der Waals surface area (Å²) in [6.07, 6.45) is 1.56. The van der Waals surface area contributed by atoms with E-state index in [1.54, 1.807) is 10.9 Å². The van der Waals surface area contributed by atoms with Gasteiger partial charge in [-0.05, 0) is 19.1 Å². The van der Waals surface area contributed by atoms with Crippen molar-refractivity contribution >= 4 is 11.0 Å². The fraction of sp³-hybridized carbons (Fsp3) is 0.143. The summed E-state index contributed by atoms with van der Waals surface area (Å²) in [7, 11) is 0. The monoisotopic (exact) mass is 259 g/mol. The molecule has 0 spiro atoms. The molecular formula is C14H11F2N3. The van der Waals surface area contributed by atoms with Gasteiger partial charge in [-0.15, -0.1) is 0 Å². The highest BCUT2D eigenvalue weighted by Crippen LogP contribution is 2.18. The first kappa shape index (κ1) is 11.8. The van der Waals surface area contributed by atoms with Crippen LogP contribution in [0, 0.1) is 18.6 Å². The molecule has 2 aromatic heterocycles. The van der Waals surface area contributed by atoms with Crippen LogP contribution in [0.2, 0.25) is 0 Å². The zero-order chi connectivity index (χ0) is 13.4. The number of rotatable bonds is 2. The second kappa shape index (κ2) is 4.42. The van der Waals surface area contributed by atoms with Crippen LogP contribution >= 0.6 is 0 Å². The fourth-order valence-corrected chi connectivity index (χ4v) is 2.04. The second-order valence-electron chi connectivity index (χ2n) is 4.40. The summed E-state index contributed by atoms with van der Waals surface area (Å²) in [6.45, 7) is 2.38. The SMILES string of the molecule is Cc1cccc(Cn2cnc3cc(F)c(F)cc32)n1. The van der Waals surface area contributed by atoms with Gasteiger partial charge in [-0.1, -0.05) is 6.07 Å². The second-order valence-corrected chi connectivity index (χ2v) is 4.40. The highest BCUT2D eigenvalue weighted by atomic mass is 19.2. The maximum Gasteiger partial charge on any atom is 0.161 e. The number of aryl methyl sites for hydroxylation is 1. The third-order valence-corrected chi connectivity index (χ3v) is 2.94. The van der Waals surface area contributed by atoms with Gasteiger partial charge in [-0.3, -0.25) is 4.98 Å². The number of benzene rings is 1. The Morgan fingerprint density at radius 1 is 1.16 bits per heavy atom. The van der Waals surface area contributed by atoms with E-state index in [9.17, 15) is 8.78 Å². The van der Waals surface area contributed by atoms with E-state index in [1.807, 2.05) is 25.1 Å². The summed E-state index contributed by atoms with van der Waals surface area (Å²) in [4.78, 5) is 8.45. The smallest absolute Gasteiger partial charge is 0.161 e. The Labute approximate surface area is 108 Å². The Kier molecular flexibility index (Phi) is 2.74. The molecule has 0 fully saturated rings. The molecule has 0 radical (unpaired) electrons. The Morgan fingerprint density at radius 2 is 1.95 bits per heavy atom. The fourth-order valence-electron chi connectivity index (χ4n) is 2.04. The van der Waals surface area contributed by atoms with Gasteiger partial charge >= 0.3 is 0 Å². The molecule has 0 saturated heterocycles. The number of hydrogen-bond donors (Lipinski definition) is 0. The van der Waals surface area contributed by atoms with E-state index < -0.39 is 11.6 Å². The topological polar surface area (TPSA) is 30.7 Å². The van der Waals surface area contributed by atoms with Crippen LogP contribution in [0.5, 0.6) is 0 Å². The molecular weight excluding hydrogens is 248 g/mol. The molecule has 0 atom stereocenters. The molecule has 0 bridgehead atoms. The molecule has 5 heteroatoms. The summed E-state index contributed by atoms with van der Waals surface area (Å²) >= 11 is 0. The molecule has 1 aromatic carbocycles. The van der Waals surface area contributed by atoms with Crippen molar-refractivity contribution in [1.29, 1.82) is 0 Å². The van der Waals surface area contributed by atoms with Crippen LogP contribution < -0.4 is 0 Å². The lowest BCUT2D eigenvalue weighted by Gasteiger charge is -2.05. The summed E-state index contributed by atoms with van der Waals surface area (Å²) in [5.74, 6) is -1.75. The maximum atomic E-state index is 13.3. The standard InChI is InChI=1S/C14H11F2N3/c1-9-3-2-4-10(18-9)7-19-8-17-13-5-11(15)12(16)6-14(13)19/h2-6,8H,7H2,1H3. The number of nitrogens with zero attached hydrogens (tertiary/aromatic N) is 3. The number of imidazole rings is 1. The molecule has 0 unspecified atom stereocenters. The Bertz CT molecular complexity index is 750. The van der Waals surface area contributed by atoms with Crippen molar-refractivity contribution < 1.29 is 8.78 Å². The first-order valence-corrected chi connectivity index (χ1v) is 5.86. The first-order valence-electron chi connectivity index (χ1n) is 5.86. The lowest BCUT2D eigenvalue weighted by Crippen LogP contribution is -2.01. The lowest BCUT2D eigenvalue weighted by atomic mass is 10.2. The van der Waals surface area contributed by atoms with Gasteiger partial charge in [0.1, 0.15) is 0 Å². The molecule has 3 aromatic rings. The van der Waals surface area contributed by atoms with Crippen molar-refractivity contribution in [2.24, 2.45) is 0 Å². The number of pyridine rings is 1. The summed E-state index contributed by atoms with van der Waals surface area (Å²) in [6, 6.07) is 7.97. The van der Waals surface area contributed by atoms with E-state index in [-0.39, 0.29) is 0 Å². The average Bonchev–Trinajstić information content (AvgIpc) is 2.73. The minimum atomic E-state index is -0.883. The molecule has 3 rings (SSSR count). The Morgan fingerprint density at radius 3 is 2.74 bits per heavy atom. The van der Waals surface area contributed by atoms with Crippen molar-refractivity contribution in [2.75, 3.05) is 0 Å². The van der Waals surface area contributed by atoms with E-state index in [4.69, 9.17) is 0 Å². The molecule has 0 aliphatic rings. The zero-order valence-electron chi connectivity index (χ0n) is 10.3. The quantitative estimate of drug-likeness (QED) is 0.708. The van der Waals surface area contributed by atoms with Gasteiger partial charge < -0.3 is 4.57 Å². The van der Waals surface area contributed by atoms with Crippen molar-refractivity contribution in [3.8, 4) is 0 Å². The molecule has 0 N–H and O–H groups in total. The number of aromatic nitrogens is 3. The van der Waals surface area contributed by atoms with Crippen LogP contribution in [0.3, 0.4) is 0 Å². The molecule has 0 aliphatic carbocycles. The van der Waals surface area contributed by atoms with Crippen LogP contribution in [0.15, 0.2) is 36.7 Å². The van der Waals surface area contributed by atoms with Gasteiger partial charge in [0.2, 0.25) is 0 Å². The van der Waals surface area contributed by atoms with Crippen molar-refractivity contribution in [2.45, 2.75) is 13.5 Å². The summed E-state index contributed by atoms with van der Waals surface area (Å²) in [5, 5.41) is 0. The van der Waals surface area contributed by atoms with Gasteiger partial charge in [0.15, 0.2) is 11.6 Å². The molecule has 19 heavy (non-hydrogen) atoms. The minimum absolute atomic E-state index is 0.437. The van der Waals surface area contributed by atoms with Crippen molar-refractivity contribution in [3.63, 3.8) is 0 Å². The highest BCUT2D eigenvalue weighted by Gasteiger charge is 2.09. The van der Waals surface area contributed by atoms with Crippen molar-refractivity contribution in [1.82, 2.24) is 14.5 Å². The largest absolute Gasteiger partial charge is 0.324 e. The Hall–Kier alpha value is -2.30. The van der Waals surface area contributed by atoms with Crippen LogP contribution in [-0.4, -0.2) is 14.5 Å². The lowest BCUT2D eigenvalue weighted by molar-refractivity contribution is 0.510. The van der Waals surface area contributed by atoms with Crippen molar-refractivity contribution in [3.05, 3.63) is 59.7 Å². The highest BCUT2D eigenvalue weighted by molar-refractivity contribution is 5.75. The average molecular weight is 259 g/mol. The van der Waals surface area contributed by atoms with Gasteiger partial charge in [0, 0.05) is 17.8 Å². The minimum Gasteiger partial charge on any atom is -0.324 e. The third kappa shape index (κ3) is 2.19. The van der Waals surface area contributed by atoms with E-state index in [2.05, 4.69) is 9.97 Å². The van der Waals surface area contributed by atoms with Gasteiger partial charge in [0.25, 0.3) is 0 Å². The van der Waals surface area contributed by atoms with E-state index >= 15 is 0 Å². The maximum absolute atomic E-state index is 13.3. The first-order chi connectivity index (χ1) is 9.13. The predicted octanol–water partition coefficient (Wildman–Crippen LogP) is 3.07. The number of fused-ring (bicyclic) bond motifs is 1. The molecule has 2 heterocycles. The van der Waals surface area contributed by atoms with Crippen LogP contribution in [0.25, 0.3) is 11.0 Å². The molecule has 0 saturated carbocycles. The zero-order valence-corrected chi connectivity index (χ0v) is 10.3. The Balaban J connectivity index is 2.04. The summed E-state index contributed by atoms with van der Waals surface area (Å²) < 4.78 is 28.1. The normalized spacial score (nSPS) is 11.1. The molecule has 0 amide bonds. The van der Waals surface area contributed by atoms with E-state index in [0.717, 1.165) is 23.5 Å². The number of hydrogen-bond acceptors (Lipinski definition) is 2. The van der Waals surface area contributed by atoms with Crippen LogP contribution in [0.4, 0.5) is 8.78 Å². The third-order valence-electron chi connectivity index (χ3n) is 2.94. The van der Waals surface area contributed by atoms with E-state index in [1.165, 1.54) is 0 Å². The van der Waals surface area contributed by atoms with Gasteiger partial charge in [-0.25, -0.2) is 13.8 Å². The predicted molar refractivity (Wildman–Crippen MR) is 67.7 cm³/mol. The molecule has 3 nitrogen and oxygen atoms in total. The van der Waals surface area contributed by atoms with E-state index in [0.29, 0.717) is 17.6 Å². The van der Waals surface area contributed by atoms with Gasteiger partial charge in [-0.2, -0.15) is 0 Å². The van der Waals surface area contributed by atoms with Gasteiger partial charge in [0.05, 0.1) is 29.6 Å².